The molecule has 8 aromatic carbocycles. The van der Waals surface area contributed by atoms with Crippen molar-refractivity contribution in [3.63, 3.8) is 0 Å². The monoisotopic (exact) mass is 1130 g/mol. The van der Waals surface area contributed by atoms with Crippen LogP contribution < -0.4 is 4.90 Å². The summed E-state index contributed by atoms with van der Waals surface area (Å²) in [4.78, 5) is 2.43. The van der Waals surface area contributed by atoms with Gasteiger partial charge >= 0.3 is 0 Å². The first-order valence-electron chi connectivity index (χ1n) is 34.3. The van der Waals surface area contributed by atoms with Crippen LogP contribution >= 0.6 is 0 Å². The number of hydrogen-bond acceptors (Lipinski definition) is 1. The van der Waals surface area contributed by atoms with E-state index in [4.69, 9.17) is 0 Å². The smallest absolute Gasteiger partial charge is 0.0547 e. The van der Waals surface area contributed by atoms with Crippen molar-refractivity contribution < 1.29 is 0 Å². The standard InChI is InChI=1S/C83H102N2/c1-8-13-18-22-24-30-57-83(58-31-25-23-19-14-9-2)76-55-56-79-82(81(76)73-54-39-63(7)59-77(73)83)74-35-28-29-36-78(74)85(79)80-61-68(33-26-20-15-10-3)75(60-69(80)34-27-21-16-11-4)67-46-52-72(53-47-67)84(70-48-37-62(6)38-49-70)71-50-44-66(45-51-71)65-42-40-64(41-43-65)32-17-12-5/h28-29,35-56,59-61H,8-27,30-34,57-58H2,1-7H3. The molecule has 444 valence electrons. The molecule has 2 nitrogen and oxygen atoms in total. The van der Waals surface area contributed by atoms with Gasteiger partial charge in [-0.3, -0.25) is 0 Å². The molecule has 0 atom stereocenters. The van der Waals surface area contributed by atoms with E-state index < -0.39 is 0 Å². The zero-order chi connectivity index (χ0) is 59.0. The summed E-state index contributed by atoms with van der Waals surface area (Å²) in [6.07, 6.45) is 34.0. The van der Waals surface area contributed by atoms with Crippen LogP contribution in [0.3, 0.4) is 0 Å². The number of benzene rings is 8. The Bertz CT molecular complexity index is 3520. The Kier molecular flexibility index (Phi) is 21.8. The molecule has 9 aromatic rings. The third-order valence-corrected chi connectivity index (χ3v) is 19.3. The zero-order valence-electron chi connectivity index (χ0n) is 53.6. The molecule has 85 heavy (non-hydrogen) atoms. The van der Waals surface area contributed by atoms with Gasteiger partial charge in [0.1, 0.15) is 0 Å². The minimum Gasteiger partial charge on any atom is -0.311 e. The second-order valence-electron chi connectivity index (χ2n) is 25.7. The predicted molar refractivity (Wildman–Crippen MR) is 372 cm³/mol. The summed E-state index contributed by atoms with van der Waals surface area (Å²) in [5.74, 6) is 0. The van der Waals surface area contributed by atoms with E-state index in [0.29, 0.717) is 0 Å². The van der Waals surface area contributed by atoms with E-state index in [9.17, 15) is 0 Å². The summed E-state index contributed by atoms with van der Waals surface area (Å²) in [7, 11) is 0. The molecule has 1 aliphatic rings. The molecule has 0 fully saturated rings. The van der Waals surface area contributed by atoms with Gasteiger partial charge in [-0.15, -0.1) is 0 Å². The molecule has 0 bridgehead atoms. The van der Waals surface area contributed by atoms with Crippen molar-refractivity contribution in [2.75, 3.05) is 4.90 Å². The van der Waals surface area contributed by atoms with Gasteiger partial charge in [0.05, 0.1) is 11.0 Å². The van der Waals surface area contributed by atoms with Gasteiger partial charge in [-0.25, -0.2) is 0 Å². The van der Waals surface area contributed by atoms with E-state index in [0.717, 1.165) is 24.9 Å². The number of fused-ring (bicyclic) bond motifs is 7. The Labute approximate surface area is 514 Å². The molecule has 0 radical (unpaired) electrons. The van der Waals surface area contributed by atoms with Gasteiger partial charge in [-0.2, -0.15) is 0 Å². The second-order valence-corrected chi connectivity index (χ2v) is 25.7. The fraction of sp³-hybridized carbons (Fsp3) is 0.422. The SMILES string of the molecule is CCCCCCCCC1(CCCCCCCC)c2cc(C)ccc2-c2c1ccc1c2c2ccccc2n1-c1cc(CCCCCC)c(-c2ccc(N(c3ccc(C)cc3)c3ccc(-c4ccc(CCCC)cc4)cc3)cc2)cc1CCCCCC. The number of anilines is 3. The Morgan fingerprint density at radius 1 is 0.365 bits per heavy atom. The lowest BCUT2D eigenvalue weighted by Crippen LogP contribution is -2.25. The normalized spacial score (nSPS) is 12.6. The lowest BCUT2D eigenvalue weighted by atomic mass is 9.70. The van der Waals surface area contributed by atoms with E-state index >= 15 is 0 Å². The van der Waals surface area contributed by atoms with Crippen molar-refractivity contribution in [2.45, 2.75) is 227 Å². The second kappa shape index (κ2) is 30.1. The van der Waals surface area contributed by atoms with Crippen LogP contribution in [0.5, 0.6) is 0 Å². The van der Waals surface area contributed by atoms with Crippen LogP contribution in [0.2, 0.25) is 0 Å². The molecule has 0 unspecified atom stereocenters. The van der Waals surface area contributed by atoms with Gasteiger partial charge in [0.2, 0.25) is 0 Å². The highest BCUT2D eigenvalue weighted by Gasteiger charge is 2.44. The number of rotatable bonds is 33. The maximum absolute atomic E-state index is 2.73. The predicted octanol–water partition coefficient (Wildman–Crippen LogP) is 25.6. The summed E-state index contributed by atoms with van der Waals surface area (Å²) < 4.78 is 2.73. The van der Waals surface area contributed by atoms with Crippen LogP contribution in [0.25, 0.3) is 60.9 Å². The van der Waals surface area contributed by atoms with E-state index in [2.05, 4.69) is 222 Å². The van der Waals surface area contributed by atoms with Crippen molar-refractivity contribution >= 4 is 38.9 Å². The van der Waals surface area contributed by atoms with E-state index in [1.807, 2.05) is 0 Å². The number of aryl methyl sites for hydroxylation is 5. The van der Waals surface area contributed by atoms with Crippen LogP contribution in [-0.4, -0.2) is 4.57 Å². The van der Waals surface area contributed by atoms with Gasteiger partial charge in [0.15, 0.2) is 0 Å². The molecule has 0 saturated carbocycles. The highest BCUT2D eigenvalue weighted by molar-refractivity contribution is 6.18. The Balaban J connectivity index is 1.09. The average Bonchev–Trinajstić information content (AvgIpc) is 1.56. The van der Waals surface area contributed by atoms with Crippen molar-refractivity contribution in [1.82, 2.24) is 4.57 Å². The third kappa shape index (κ3) is 14.1. The van der Waals surface area contributed by atoms with Gasteiger partial charge in [-0.1, -0.05) is 271 Å². The van der Waals surface area contributed by atoms with Gasteiger partial charge in [0.25, 0.3) is 0 Å². The number of unbranched alkanes of at least 4 members (excludes halogenated alkanes) is 17. The summed E-state index contributed by atoms with van der Waals surface area (Å²) in [6.45, 7) is 16.1. The van der Waals surface area contributed by atoms with Crippen molar-refractivity contribution in [1.29, 1.82) is 0 Å². The number of nitrogens with zero attached hydrogens (tertiary/aromatic N) is 2. The molecule has 0 saturated heterocycles. The minimum absolute atomic E-state index is 0.0272. The molecular formula is C83H102N2. The summed E-state index contributed by atoms with van der Waals surface area (Å²) in [5.41, 5.74) is 26.0. The van der Waals surface area contributed by atoms with Crippen molar-refractivity contribution in [3.8, 4) is 39.1 Å². The number of para-hydroxylation sites is 1. The first-order chi connectivity index (χ1) is 41.8. The Morgan fingerprint density at radius 3 is 1.47 bits per heavy atom. The lowest BCUT2D eigenvalue weighted by molar-refractivity contribution is 0.398. The van der Waals surface area contributed by atoms with Gasteiger partial charge < -0.3 is 9.47 Å². The number of aromatic nitrogens is 1. The van der Waals surface area contributed by atoms with Crippen LogP contribution in [0, 0.1) is 13.8 Å². The average molecular weight is 1130 g/mol. The van der Waals surface area contributed by atoms with Crippen LogP contribution in [0.1, 0.15) is 228 Å². The van der Waals surface area contributed by atoms with Crippen LogP contribution in [-0.2, 0) is 24.7 Å². The van der Waals surface area contributed by atoms with Crippen molar-refractivity contribution in [3.05, 3.63) is 203 Å². The molecular weight excluding hydrogens is 1020 g/mol. The van der Waals surface area contributed by atoms with Crippen molar-refractivity contribution in [2.24, 2.45) is 0 Å². The van der Waals surface area contributed by atoms with E-state index in [1.165, 1.54) is 254 Å². The van der Waals surface area contributed by atoms with E-state index in [1.54, 1.807) is 11.1 Å². The molecule has 2 heteroatoms. The van der Waals surface area contributed by atoms with Crippen LogP contribution in [0.15, 0.2) is 164 Å². The molecule has 0 aliphatic heterocycles. The molecule has 0 spiro atoms. The fourth-order valence-electron chi connectivity index (χ4n) is 14.5. The quantitative estimate of drug-likeness (QED) is 0.0372. The summed E-state index contributed by atoms with van der Waals surface area (Å²) in [6, 6.07) is 64.6. The van der Waals surface area contributed by atoms with E-state index in [-0.39, 0.29) is 5.41 Å². The first kappa shape index (κ1) is 61.4. The molecule has 0 amide bonds. The Morgan fingerprint density at radius 2 is 0.871 bits per heavy atom. The maximum atomic E-state index is 2.73. The molecule has 10 rings (SSSR count). The maximum Gasteiger partial charge on any atom is 0.0547 e. The lowest BCUT2D eigenvalue weighted by Gasteiger charge is -2.33. The number of hydrogen-bond donors (Lipinski definition) is 0. The first-order valence-corrected chi connectivity index (χ1v) is 34.3. The highest BCUT2D eigenvalue weighted by atomic mass is 15.1. The minimum atomic E-state index is 0.0272. The molecule has 1 aromatic heterocycles. The summed E-state index contributed by atoms with van der Waals surface area (Å²) in [5, 5.41) is 2.84. The molecule has 0 N–H and O–H groups in total. The van der Waals surface area contributed by atoms with Gasteiger partial charge in [0, 0.05) is 38.9 Å². The third-order valence-electron chi connectivity index (χ3n) is 19.3. The highest BCUT2D eigenvalue weighted by Crippen LogP contribution is 2.58. The zero-order valence-corrected chi connectivity index (χ0v) is 53.6. The largest absolute Gasteiger partial charge is 0.311 e. The molecule has 1 aliphatic carbocycles. The Hall–Kier alpha value is -6.64. The molecule has 1 heterocycles. The van der Waals surface area contributed by atoms with Crippen LogP contribution in [0.4, 0.5) is 17.1 Å². The summed E-state index contributed by atoms with van der Waals surface area (Å²) >= 11 is 0. The fourth-order valence-corrected chi connectivity index (χ4v) is 14.5. The van der Waals surface area contributed by atoms with Gasteiger partial charge in [-0.05, 0) is 187 Å². The topological polar surface area (TPSA) is 8.17 Å².